The van der Waals surface area contributed by atoms with Gasteiger partial charge < -0.3 is 0 Å². The van der Waals surface area contributed by atoms with Crippen molar-refractivity contribution in [2.24, 2.45) is 0 Å². The Hall–Kier alpha value is -2.55. The summed E-state index contributed by atoms with van der Waals surface area (Å²) in [4.78, 5) is 0. The van der Waals surface area contributed by atoms with Crippen molar-refractivity contribution < 1.29 is 13.2 Å². The Morgan fingerprint density at radius 2 is 1.08 bits per heavy atom. The molecule has 3 aromatic rings. The quantitative estimate of drug-likeness (QED) is 0.460. The molecule has 3 rings (SSSR count). The van der Waals surface area contributed by atoms with Gasteiger partial charge in [-0.3, -0.25) is 0 Å². The number of hydrogen-bond acceptors (Lipinski definition) is 0. The number of benzene rings is 3. The van der Waals surface area contributed by atoms with Gasteiger partial charge in [0.25, 0.3) is 0 Å². The Balaban J connectivity index is 1.53. The molecule has 3 aromatic carbocycles. The highest BCUT2D eigenvalue weighted by atomic mass is 19.1. The molecule has 0 heterocycles. The van der Waals surface area contributed by atoms with Crippen LogP contribution in [0.2, 0.25) is 0 Å². The van der Waals surface area contributed by atoms with E-state index in [0.29, 0.717) is 6.42 Å². The Morgan fingerprint density at radius 1 is 0.560 bits per heavy atom. The monoisotopic (exact) mass is 340 g/mol. The summed E-state index contributed by atoms with van der Waals surface area (Å²) in [6.45, 7) is 0. The third kappa shape index (κ3) is 4.50. The van der Waals surface area contributed by atoms with Crippen LogP contribution < -0.4 is 0 Å². The fourth-order valence-electron chi connectivity index (χ4n) is 2.91. The molecular weight excluding hydrogens is 321 g/mol. The van der Waals surface area contributed by atoms with Crippen molar-refractivity contribution in [2.45, 2.75) is 25.7 Å². The van der Waals surface area contributed by atoms with Gasteiger partial charge in [0, 0.05) is 5.56 Å². The van der Waals surface area contributed by atoms with Gasteiger partial charge in [0.2, 0.25) is 0 Å². The van der Waals surface area contributed by atoms with Crippen LogP contribution in [0.1, 0.15) is 24.0 Å². The molecule has 0 aliphatic carbocycles. The van der Waals surface area contributed by atoms with Crippen LogP contribution in [0.25, 0.3) is 11.1 Å². The van der Waals surface area contributed by atoms with Gasteiger partial charge in [-0.1, -0.05) is 42.5 Å². The summed E-state index contributed by atoms with van der Waals surface area (Å²) < 4.78 is 40.1. The molecule has 0 N–H and O–H groups in total. The van der Waals surface area contributed by atoms with Gasteiger partial charge in [-0.2, -0.15) is 0 Å². The van der Waals surface area contributed by atoms with Crippen LogP contribution in [0.3, 0.4) is 0 Å². The molecule has 3 heteroatoms. The van der Waals surface area contributed by atoms with E-state index in [-0.39, 0.29) is 11.4 Å². The smallest absolute Gasteiger partial charge is 0.129 e. The third-order valence-electron chi connectivity index (χ3n) is 4.34. The van der Waals surface area contributed by atoms with Crippen molar-refractivity contribution in [3.63, 3.8) is 0 Å². The van der Waals surface area contributed by atoms with E-state index in [1.54, 1.807) is 12.1 Å². The van der Waals surface area contributed by atoms with Crippen molar-refractivity contribution >= 4 is 0 Å². The predicted octanol–water partition coefficient (Wildman–Crippen LogP) is 6.34. The third-order valence-corrected chi connectivity index (χ3v) is 4.34. The Kier molecular flexibility index (Phi) is 5.54. The summed E-state index contributed by atoms with van der Waals surface area (Å²) in [6, 6.07) is 18.5. The summed E-state index contributed by atoms with van der Waals surface area (Å²) >= 11 is 0. The zero-order chi connectivity index (χ0) is 17.6. The molecule has 0 unspecified atom stereocenters. The Morgan fingerprint density at radius 3 is 1.68 bits per heavy atom. The number of aryl methyl sites for hydroxylation is 1. The van der Waals surface area contributed by atoms with Crippen LogP contribution in [0.4, 0.5) is 13.2 Å². The Labute approximate surface area is 146 Å². The second-order valence-corrected chi connectivity index (χ2v) is 6.11. The van der Waals surface area contributed by atoms with Crippen molar-refractivity contribution in [3.05, 3.63) is 95.3 Å². The van der Waals surface area contributed by atoms with Crippen LogP contribution in [0.5, 0.6) is 0 Å². The van der Waals surface area contributed by atoms with Crippen molar-refractivity contribution in [3.8, 4) is 11.1 Å². The first-order chi connectivity index (χ1) is 12.1. The van der Waals surface area contributed by atoms with E-state index in [0.717, 1.165) is 30.4 Å². The van der Waals surface area contributed by atoms with E-state index in [2.05, 4.69) is 0 Å². The molecule has 0 aliphatic heterocycles. The number of rotatable bonds is 6. The summed E-state index contributed by atoms with van der Waals surface area (Å²) in [5.74, 6) is -1.18. The van der Waals surface area contributed by atoms with Crippen molar-refractivity contribution in [1.29, 1.82) is 0 Å². The van der Waals surface area contributed by atoms with Crippen LogP contribution in [-0.2, 0) is 12.8 Å². The zero-order valence-corrected chi connectivity index (χ0v) is 13.8. The largest absolute Gasteiger partial charge is 0.207 e. The van der Waals surface area contributed by atoms with Crippen LogP contribution in [-0.4, -0.2) is 0 Å². The van der Waals surface area contributed by atoms with Gasteiger partial charge in [0.05, 0.1) is 0 Å². The van der Waals surface area contributed by atoms with E-state index in [1.807, 2.05) is 24.3 Å². The lowest BCUT2D eigenvalue weighted by molar-refractivity contribution is 0.546. The number of unbranched alkanes of at least 4 members (excludes halogenated alkanes) is 1. The van der Waals surface area contributed by atoms with Gasteiger partial charge in [-0.25, -0.2) is 13.2 Å². The minimum atomic E-state index is -0.469. The van der Waals surface area contributed by atoms with Crippen molar-refractivity contribution in [2.75, 3.05) is 0 Å². The molecule has 0 bridgehead atoms. The fourth-order valence-corrected chi connectivity index (χ4v) is 2.91. The molecule has 0 spiro atoms. The Bertz CT molecular complexity index is 801. The normalized spacial score (nSPS) is 10.8. The fraction of sp³-hybridized carbons (Fsp3) is 0.182. The first-order valence-corrected chi connectivity index (χ1v) is 8.41. The highest BCUT2D eigenvalue weighted by Gasteiger charge is 2.07. The van der Waals surface area contributed by atoms with Gasteiger partial charge in [0.15, 0.2) is 0 Å². The lowest BCUT2D eigenvalue weighted by Crippen LogP contribution is -1.96. The molecule has 0 atom stereocenters. The summed E-state index contributed by atoms with van der Waals surface area (Å²) in [7, 11) is 0. The van der Waals surface area contributed by atoms with E-state index in [9.17, 15) is 13.2 Å². The van der Waals surface area contributed by atoms with E-state index >= 15 is 0 Å². The first-order valence-electron chi connectivity index (χ1n) is 8.41. The molecule has 0 nitrogen and oxygen atoms in total. The minimum absolute atomic E-state index is 0.175. The van der Waals surface area contributed by atoms with Gasteiger partial charge >= 0.3 is 0 Å². The molecular formula is C22H19F3. The average molecular weight is 340 g/mol. The summed E-state index contributed by atoms with van der Waals surface area (Å²) in [5, 5.41) is 0. The first kappa shape index (κ1) is 17.3. The number of halogens is 3. The highest BCUT2D eigenvalue weighted by Crippen LogP contribution is 2.21. The molecule has 0 aromatic heterocycles. The van der Waals surface area contributed by atoms with Crippen LogP contribution in [0.15, 0.2) is 66.7 Å². The molecule has 0 aliphatic rings. The van der Waals surface area contributed by atoms with Crippen LogP contribution in [0, 0.1) is 17.5 Å². The van der Waals surface area contributed by atoms with Crippen molar-refractivity contribution in [1.82, 2.24) is 0 Å². The second kappa shape index (κ2) is 8.02. The maximum Gasteiger partial charge on any atom is 0.129 e. The maximum atomic E-state index is 13.6. The summed E-state index contributed by atoms with van der Waals surface area (Å²) in [5.41, 5.74) is 3.37. The molecule has 128 valence electrons. The maximum absolute atomic E-state index is 13.6. The minimum Gasteiger partial charge on any atom is -0.207 e. The van der Waals surface area contributed by atoms with E-state index in [4.69, 9.17) is 0 Å². The van der Waals surface area contributed by atoms with Gasteiger partial charge in [0.1, 0.15) is 17.5 Å². The van der Waals surface area contributed by atoms with E-state index in [1.165, 1.54) is 35.9 Å². The molecule has 25 heavy (non-hydrogen) atoms. The summed E-state index contributed by atoms with van der Waals surface area (Å²) in [6.07, 6.45) is 2.87. The highest BCUT2D eigenvalue weighted by molar-refractivity contribution is 5.63. The molecule has 0 amide bonds. The molecule has 0 fully saturated rings. The topological polar surface area (TPSA) is 0 Å². The second-order valence-electron chi connectivity index (χ2n) is 6.11. The molecule has 0 radical (unpaired) electrons. The molecule has 0 saturated heterocycles. The molecule has 0 saturated carbocycles. The van der Waals surface area contributed by atoms with E-state index < -0.39 is 11.6 Å². The van der Waals surface area contributed by atoms with Gasteiger partial charge in [-0.05, 0) is 66.6 Å². The number of hydrogen-bond donors (Lipinski definition) is 0. The standard InChI is InChI=1S/C22H19F3/c23-19-14-12-18(13-15-19)17-10-8-16(9-11-17)4-1-2-5-20-21(24)6-3-7-22(20)25/h3,6-15H,1-2,4-5H2. The average Bonchev–Trinajstić information content (AvgIpc) is 2.62. The SMILES string of the molecule is Fc1ccc(-c2ccc(CCCCc3c(F)cccc3F)cc2)cc1. The predicted molar refractivity (Wildman–Crippen MR) is 94.8 cm³/mol. The lowest BCUT2D eigenvalue weighted by atomic mass is 10.00. The zero-order valence-electron chi connectivity index (χ0n) is 13.8. The lowest BCUT2D eigenvalue weighted by Gasteiger charge is -2.06. The van der Waals surface area contributed by atoms with Gasteiger partial charge in [-0.15, -0.1) is 0 Å². The van der Waals surface area contributed by atoms with Crippen LogP contribution >= 0.6 is 0 Å².